The number of amidine groups is 1. The molecule has 3 rings (SSSR count). The van der Waals surface area contributed by atoms with Crippen LogP contribution >= 0.6 is 0 Å². The summed E-state index contributed by atoms with van der Waals surface area (Å²) in [6.45, 7) is 5.76. The van der Waals surface area contributed by atoms with Gasteiger partial charge in [0.15, 0.2) is 0 Å². The largest absolute Gasteiger partial charge is 0.496 e. The summed E-state index contributed by atoms with van der Waals surface area (Å²) in [5, 5.41) is 15.0. The molecule has 11 nitrogen and oxygen atoms in total. The van der Waals surface area contributed by atoms with E-state index in [2.05, 4.69) is 10.3 Å². The van der Waals surface area contributed by atoms with Crippen LogP contribution < -0.4 is 10.1 Å². The van der Waals surface area contributed by atoms with Gasteiger partial charge in [0.05, 0.1) is 35.5 Å². The van der Waals surface area contributed by atoms with Crippen LogP contribution in [-0.2, 0) is 20.8 Å². The fourth-order valence-electron chi connectivity index (χ4n) is 4.11. The summed E-state index contributed by atoms with van der Waals surface area (Å²) >= 11 is 0. The number of benzene rings is 2. The average molecular weight is 511 g/mol. The third-order valence-corrected chi connectivity index (χ3v) is 5.73. The predicted molar refractivity (Wildman–Crippen MR) is 136 cm³/mol. The molecule has 1 aliphatic heterocycles. The lowest BCUT2D eigenvalue weighted by molar-refractivity contribution is -0.385. The van der Waals surface area contributed by atoms with Crippen molar-refractivity contribution in [3.63, 3.8) is 0 Å². The summed E-state index contributed by atoms with van der Waals surface area (Å²) in [6.07, 6.45) is -0.775. The van der Waals surface area contributed by atoms with Gasteiger partial charge in [-0.3, -0.25) is 15.0 Å². The lowest BCUT2D eigenvalue weighted by Gasteiger charge is -2.35. The number of nitrogens with one attached hydrogen (secondary N) is 1. The maximum absolute atomic E-state index is 13.3. The van der Waals surface area contributed by atoms with Gasteiger partial charge in [0.25, 0.3) is 5.69 Å². The van der Waals surface area contributed by atoms with E-state index in [0.717, 1.165) is 16.2 Å². The van der Waals surface area contributed by atoms with Gasteiger partial charge in [-0.2, -0.15) is 0 Å². The van der Waals surface area contributed by atoms with Gasteiger partial charge in [-0.1, -0.05) is 30.3 Å². The van der Waals surface area contributed by atoms with Gasteiger partial charge >= 0.3 is 12.1 Å². The van der Waals surface area contributed by atoms with E-state index >= 15 is 0 Å². The van der Waals surface area contributed by atoms with Gasteiger partial charge in [-0.25, -0.2) is 14.6 Å². The molecule has 2 aromatic carbocycles. The number of allylic oxidation sites excluding steroid dienone is 1. The molecule has 1 heterocycles. The number of methoxy groups -OCH3 is 1. The smallest absolute Gasteiger partial charge is 0.416 e. The van der Waals surface area contributed by atoms with E-state index < -0.39 is 23.0 Å². The number of aliphatic imine (C=N–C) groups is 1. The Morgan fingerprint density at radius 3 is 2.51 bits per heavy atom. The molecule has 1 atom stereocenters. The van der Waals surface area contributed by atoms with E-state index in [-0.39, 0.29) is 35.9 Å². The molecule has 1 aliphatic rings. The standard InChI is InChI=1S/C26H30N4O7/c1-5-36-26(32)29-18(3)28-17(2)23(24(29)20-11-7-8-12-21(20)30(33)34)25(31)37-15-14-27-16-19-10-6-9-13-22(19)35-4/h6-13,24,27H,5,14-16H2,1-4H3. The topological polar surface area (TPSA) is 133 Å². The van der Waals surface area contributed by atoms with Crippen LogP contribution in [0.4, 0.5) is 10.5 Å². The van der Waals surface area contributed by atoms with Gasteiger partial charge in [0.1, 0.15) is 24.2 Å². The molecule has 11 heteroatoms. The first kappa shape index (κ1) is 27.3. The van der Waals surface area contributed by atoms with Gasteiger partial charge in [-0.15, -0.1) is 0 Å². The third kappa shape index (κ3) is 6.31. The first-order valence-corrected chi connectivity index (χ1v) is 11.7. The molecule has 0 fully saturated rings. The number of hydrogen-bond acceptors (Lipinski definition) is 9. The van der Waals surface area contributed by atoms with Crippen LogP contribution in [0.25, 0.3) is 0 Å². The second kappa shape index (κ2) is 12.6. The van der Waals surface area contributed by atoms with Gasteiger partial charge in [0, 0.05) is 24.7 Å². The lowest BCUT2D eigenvalue weighted by Crippen LogP contribution is -2.44. The van der Waals surface area contributed by atoms with E-state index in [1.165, 1.54) is 18.2 Å². The number of carbonyl (C=O) groups excluding carboxylic acids is 2. The molecule has 0 aromatic heterocycles. The van der Waals surface area contributed by atoms with Crippen molar-refractivity contribution < 1.29 is 28.7 Å². The van der Waals surface area contributed by atoms with Crippen molar-refractivity contribution in [3.05, 3.63) is 81.0 Å². The molecular formula is C26H30N4O7. The Hall–Kier alpha value is -4.25. The van der Waals surface area contributed by atoms with E-state index in [1.54, 1.807) is 33.9 Å². The molecule has 37 heavy (non-hydrogen) atoms. The Kier molecular flexibility index (Phi) is 9.33. The molecule has 0 saturated carbocycles. The van der Waals surface area contributed by atoms with E-state index in [4.69, 9.17) is 14.2 Å². The van der Waals surface area contributed by atoms with Crippen LogP contribution in [0.3, 0.4) is 0 Å². The number of nitrogens with zero attached hydrogens (tertiary/aromatic N) is 3. The van der Waals surface area contributed by atoms with Gasteiger partial charge in [0.2, 0.25) is 0 Å². The SMILES string of the molecule is CCOC(=O)N1C(C)=NC(C)=C(C(=O)OCCNCc2ccccc2OC)C1c1ccccc1[N+](=O)[O-]. The predicted octanol–water partition coefficient (Wildman–Crippen LogP) is 4.14. The van der Waals surface area contributed by atoms with E-state index in [9.17, 15) is 19.7 Å². The van der Waals surface area contributed by atoms with Crippen LogP contribution in [0, 0.1) is 10.1 Å². The second-order valence-electron chi connectivity index (χ2n) is 8.07. The average Bonchev–Trinajstić information content (AvgIpc) is 2.88. The lowest BCUT2D eigenvalue weighted by atomic mass is 9.93. The van der Waals surface area contributed by atoms with E-state index in [0.29, 0.717) is 18.8 Å². The van der Waals surface area contributed by atoms with Crippen molar-refractivity contribution in [2.24, 2.45) is 4.99 Å². The van der Waals surface area contributed by atoms with Crippen LogP contribution in [-0.4, -0.2) is 54.6 Å². The van der Waals surface area contributed by atoms with Crippen molar-refractivity contribution in [1.82, 2.24) is 10.2 Å². The van der Waals surface area contributed by atoms with Crippen molar-refractivity contribution in [2.45, 2.75) is 33.4 Å². The molecule has 1 N–H and O–H groups in total. The maximum atomic E-state index is 13.3. The molecule has 0 bridgehead atoms. The Labute approximate surface area is 214 Å². The number of carbonyl (C=O) groups is 2. The summed E-state index contributed by atoms with van der Waals surface area (Å²) in [6, 6.07) is 12.4. The minimum absolute atomic E-state index is 0.0243. The molecule has 0 saturated heterocycles. The zero-order chi connectivity index (χ0) is 26.9. The van der Waals surface area contributed by atoms with Crippen molar-refractivity contribution in [3.8, 4) is 5.75 Å². The fourth-order valence-corrected chi connectivity index (χ4v) is 4.11. The monoisotopic (exact) mass is 510 g/mol. The number of nitro groups is 1. The second-order valence-corrected chi connectivity index (χ2v) is 8.07. The first-order valence-electron chi connectivity index (χ1n) is 11.7. The number of nitro benzene ring substituents is 1. The molecule has 196 valence electrons. The molecule has 1 amide bonds. The van der Waals surface area contributed by atoms with E-state index in [1.807, 2.05) is 24.3 Å². The first-order chi connectivity index (χ1) is 17.8. The zero-order valence-electron chi connectivity index (χ0n) is 21.2. The quantitative estimate of drug-likeness (QED) is 0.218. The number of esters is 1. The van der Waals surface area contributed by atoms with Crippen LogP contribution in [0.15, 0.2) is 64.8 Å². The molecular weight excluding hydrogens is 480 g/mol. The summed E-state index contributed by atoms with van der Waals surface area (Å²) < 4.78 is 16.0. The highest BCUT2D eigenvalue weighted by Crippen LogP contribution is 2.40. The highest BCUT2D eigenvalue weighted by molar-refractivity contribution is 6.01. The Balaban J connectivity index is 1.83. The Morgan fingerprint density at radius 1 is 1.11 bits per heavy atom. The van der Waals surface area contributed by atoms with Crippen molar-refractivity contribution >= 4 is 23.6 Å². The fraction of sp³-hybridized carbons (Fsp3) is 0.346. The number of rotatable bonds is 10. The van der Waals surface area contributed by atoms with Crippen LogP contribution in [0.5, 0.6) is 5.75 Å². The van der Waals surface area contributed by atoms with Gasteiger partial charge < -0.3 is 19.5 Å². The molecule has 0 spiro atoms. The summed E-state index contributed by atoms with van der Waals surface area (Å²) in [5.41, 5.74) is 1.18. The van der Waals surface area contributed by atoms with Gasteiger partial charge in [-0.05, 0) is 32.9 Å². The molecule has 0 aliphatic carbocycles. The molecule has 2 aromatic rings. The molecule has 1 unspecified atom stereocenters. The minimum Gasteiger partial charge on any atom is -0.496 e. The summed E-state index contributed by atoms with van der Waals surface area (Å²) in [4.78, 5) is 42.9. The number of para-hydroxylation sites is 2. The highest BCUT2D eigenvalue weighted by atomic mass is 16.6. The van der Waals surface area contributed by atoms with Crippen molar-refractivity contribution in [2.75, 3.05) is 26.9 Å². The third-order valence-electron chi connectivity index (χ3n) is 5.73. The minimum atomic E-state index is -1.15. The Morgan fingerprint density at radius 2 is 1.81 bits per heavy atom. The number of amides is 1. The van der Waals surface area contributed by atoms with Crippen molar-refractivity contribution in [1.29, 1.82) is 0 Å². The zero-order valence-corrected chi connectivity index (χ0v) is 21.2. The summed E-state index contributed by atoms with van der Waals surface area (Å²) in [7, 11) is 1.60. The van der Waals surface area contributed by atoms with Crippen LogP contribution in [0.1, 0.15) is 37.9 Å². The number of ether oxygens (including phenoxy) is 3. The maximum Gasteiger partial charge on any atom is 0.416 e. The highest BCUT2D eigenvalue weighted by Gasteiger charge is 2.42. The summed E-state index contributed by atoms with van der Waals surface area (Å²) in [5.74, 6) is 0.258. The normalized spacial score (nSPS) is 15.2. The Bertz CT molecular complexity index is 1220. The molecule has 0 radical (unpaired) electrons. The number of hydrogen-bond donors (Lipinski definition) is 1. The van der Waals surface area contributed by atoms with Crippen LogP contribution in [0.2, 0.25) is 0 Å².